The van der Waals surface area contributed by atoms with Gasteiger partial charge in [0, 0.05) is 17.5 Å². The van der Waals surface area contributed by atoms with Gasteiger partial charge in [-0.3, -0.25) is 4.79 Å². The van der Waals surface area contributed by atoms with E-state index in [1.807, 2.05) is 16.8 Å². The Morgan fingerprint density at radius 3 is 3.27 bits per heavy atom. The average Bonchev–Trinajstić information content (AvgIpc) is 2.63. The molecule has 0 aliphatic heterocycles. The smallest absolute Gasteiger partial charge is 0.325 e. The lowest BCUT2D eigenvalue weighted by molar-refractivity contribution is -0.141. The molecule has 82 valence electrons. The highest BCUT2D eigenvalue weighted by Gasteiger charge is 2.21. The minimum Gasteiger partial charge on any atom is -0.468 e. The number of carbonyl (C=O) groups is 1. The molecule has 1 unspecified atom stereocenters. The molecule has 0 amide bonds. The standard InChI is InChI=1S/C11H15NO3/c1-15-11(14)7-12-6-5-8-9(12)3-2-4-10(8)13/h5-6,10,13H,2-4,7H2,1H3. The van der Waals surface area contributed by atoms with Crippen LogP contribution < -0.4 is 0 Å². The van der Waals surface area contributed by atoms with Crippen LogP contribution in [-0.4, -0.2) is 22.8 Å². The van der Waals surface area contributed by atoms with E-state index in [9.17, 15) is 9.90 Å². The highest BCUT2D eigenvalue weighted by molar-refractivity contribution is 5.69. The lowest BCUT2D eigenvalue weighted by Gasteiger charge is -2.19. The molecule has 1 atom stereocenters. The van der Waals surface area contributed by atoms with E-state index in [1.165, 1.54) is 7.11 Å². The first-order chi connectivity index (χ1) is 7.22. The Morgan fingerprint density at radius 2 is 2.53 bits per heavy atom. The quantitative estimate of drug-likeness (QED) is 0.740. The van der Waals surface area contributed by atoms with Crippen molar-refractivity contribution in [2.24, 2.45) is 0 Å². The second-order valence-corrected chi connectivity index (χ2v) is 3.83. The highest BCUT2D eigenvalue weighted by atomic mass is 16.5. The zero-order chi connectivity index (χ0) is 10.8. The molecule has 1 aromatic rings. The maximum atomic E-state index is 11.1. The fourth-order valence-corrected chi connectivity index (χ4v) is 2.08. The van der Waals surface area contributed by atoms with Crippen LogP contribution in [0.4, 0.5) is 0 Å². The molecular weight excluding hydrogens is 194 g/mol. The molecule has 1 aromatic heterocycles. The second kappa shape index (κ2) is 4.06. The summed E-state index contributed by atoms with van der Waals surface area (Å²) in [6, 6.07) is 1.89. The van der Waals surface area contributed by atoms with Gasteiger partial charge in [-0.15, -0.1) is 0 Å². The van der Waals surface area contributed by atoms with Gasteiger partial charge >= 0.3 is 5.97 Å². The SMILES string of the molecule is COC(=O)Cn1ccc2c1CCCC2O. The monoisotopic (exact) mass is 209 g/mol. The van der Waals surface area contributed by atoms with E-state index in [-0.39, 0.29) is 18.6 Å². The molecule has 0 spiro atoms. The molecule has 0 radical (unpaired) electrons. The fraction of sp³-hybridized carbons (Fsp3) is 0.545. The largest absolute Gasteiger partial charge is 0.468 e. The lowest BCUT2D eigenvalue weighted by Crippen LogP contribution is -2.16. The third-order valence-electron chi connectivity index (χ3n) is 2.89. The first-order valence-corrected chi connectivity index (χ1v) is 5.15. The Hall–Kier alpha value is -1.29. The molecule has 15 heavy (non-hydrogen) atoms. The van der Waals surface area contributed by atoms with Crippen LogP contribution in [0, 0.1) is 0 Å². The molecule has 2 rings (SSSR count). The van der Waals surface area contributed by atoms with Gasteiger partial charge in [0.05, 0.1) is 13.2 Å². The summed E-state index contributed by atoms with van der Waals surface area (Å²) in [4.78, 5) is 11.1. The first kappa shape index (κ1) is 10.2. The number of hydrogen-bond acceptors (Lipinski definition) is 3. The van der Waals surface area contributed by atoms with Crippen molar-refractivity contribution in [3.63, 3.8) is 0 Å². The Labute approximate surface area is 88.5 Å². The number of carbonyl (C=O) groups excluding carboxylic acids is 1. The summed E-state index contributed by atoms with van der Waals surface area (Å²) >= 11 is 0. The van der Waals surface area contributed by atoms with Crippen molar-refractivity contribution in [2.75, 3.05) is 7.11 Å². The number of nitrogens with zero attached hydrogens (tertiary/aromatic N) is 1. The van der Waals surface area contributed by atoms with Gasteiger partial charge in [-0.1, -0.05) is 0 Å². The van der Waals surface area contributed by atoms with Gasteiger partial charge < -0.3 is 14.4 Å². The Morgan fingerprint density at radius 1 is 1.73 bits per heavy atom. The molecular formula is C11H15NO3. The van der Waals surface area contributed by atoms with Crippen molar-refractivity contribution in [1.82, 2.24) is 4.57 Å². The molecule has 1 aliphatic rings. The number of methoxy groups -OCH3 is 1. The van der Waals surface area contributed by atoms with E-state index in [0.29, 0.717) is 0 Å². The lowest BCUT2D eigenvalue weighted by atomic mass is 9.95. The topological polar surface area (TPSA) is 51.5 Å². The number of rotatable bonds is 2. The molecule has 0 fully saturated rings. The van der Waals surface area contributed by atoms with Gasteiger partial charge in [-0.25, -0.2) is 0 Å². The highest BCUT2D eigenvalue weighted by Crippen LogP contribution is 2.30. The van der Waals surface area contributed by atoms with Crippen molar-refractivity contribution in [2.45, 2.75) is 31.9 Å². The third-order valence-corrected chi connectivity index (χ3v) is 2.89. The van der Waals surface area contributed by atoms with Crippen LogP contribution in [0.5, 0.6) is 0 Å². The van der Waals surface area contributed by atoms with E-state index >= 15 is 0 Å². The van der Waals surface area contributed by atoms with Gasteiger partial charge in [-0.2, -0.15) is 0 Å². The molecule has 0 bridgehead atoms. The first-order valence-electron chi connectivity index (χ1n) is 5.15. The molecule has 0 aromatic carbocycles. The number of hydrogen-bond donors (Lipinski definition) is 1. The van der Waals surface area contributed by atoms with Crippen LogP contribution in [0.1, 0.15) is 30.2 Å². The molecule has 1 heterocycles. The maximum Gasteiger partial charge on any atom is 0.325 e. The summed E-state index contributed by atoms with van der Waals surface area (Å²) in [5, 5.41) is 9.74. The number of ether oxygens (including phenoxy) is 1. The van der Waals surface area contributed by atoms with E-state index in [0.717, 1.165) is 30.5 Å². The van der Waals surface area contributed by atoms with E-state index in [4.69, 9.17) is 0 Å². The minimum absolute atomic E-state index is 0.235. The number of aromatic nitrogens is 1. The van der Waals surface area contributed by atoms with Crippen molar-refractivity contribution in [3.05, 3.63) is 23.5 Å². The van der Waals surface area contributed by atoms with Crippen LogP contribution in [0.25, 0.3) is 0 Å². The summed E-state index contributed by atoms with van der Waals surface area (Å²) in [6.07, 6.45) is 4.19. The molecule has 1 aliphatic carbocycles. The van der Waals surface area contributed by atoms with Gasteiger partial charge in [0.1, 0.15) is 6.54 Å². The summed E-state index contributed by atoms with van der Waals surface area (Å²) in [5.41, 5.74) is 2.03. The number of esters is 1. The molecule has 0 saturated carbocycles. The number of aliphatic hydroxyl groups excluding tert-OH is 1. The normalized spacial score (nSPS) is 19.7. The maximum absolute atomic E-state index is 11.1. The molecule has 0 saturated heterocycles. The van der Waals surface area contributed by atoms with E-state index < -0.39 is 0 Å². The van der Waals surface area contributed by atoms with E-state index in [1.54, 1.807) is 0 Å². The molecule has 4 heteroatoms. The predicted octanol–water partition coefficient (Wildman–Crippen LogP) is 1.03. The summed E-state index contributed by atoms with van der Waals surface area (Å²) in [7, 11) is 1.38. The van der Waals surface area contributed by atoms with Gasteiger partial charge in [0.2, 0.25) is 0 Å². The molecule has 4 nitrogen and oxygen atoms in total. The Bertz CT molecular complexity index is 370. The van der Waals surface area contributed by atoms with Gasteiger partial charge in [-0.05, 0) is 25.3 Å². The molecule has 1 N–H and O–H groups in total. The number of aliphatic hydroxyl groups is 1. The van der Waals surface area contributed by atoms with Gasteiger partial charge in [0.25, 0.3) is 0 Å². The van der Waals surface area contributed by atoms with Crippen LogP contribution in [0.2, 0.25) is 0 Å². The Kier molecular flexibility index (Phi) is 2.77. The van der Waals surface area contributed by atoms with Crippen LogP contribution in [-0.2, 0) is 22.5 Å². The van der Waals surface area contributed by atoms with Crippen molar-refractivity contribution >= 4 is 5.97 Å². The minimum atomic E-state index is -0.368. The predicted molar refractivity (Wildman–Crippen MR) is 54.3 cm³/mol. The summed E-state index contributed by atoms with van der Waals surface area (Å²) in [6.45, 7) is 0.235. The average molecular weight is 209 g/mol. The number of fused-ring (bicyclic) bond motifs is 1. The van der Waals surface area contributed by atoms with Crippen molar-refractivity contribution in [1.29, 1.82) is 0 Å². The van der Waals surface area contributed by atoms with Crippen LogP contribution in [0.3, 0.4) is 0 Å². The van der Waals surface area contributed by atoms with Gasteiger partial charge in [0.15, 0.2) is 0 Å². The summed E-state index contributed by atoms with van der Waals surface area (Å²) < 4.78 is 6.48. The third kappa shape index (κ3) is 1.90. The zero-order valence-corrected chi connectivity index (χ0v) is 8.77. The van der Waals surface area contributed by atoms with Crippen molar-refractivity contribution in [3.8, 4) is 0 Å². The van der Waals surface area contributed by atoms with E-state index in [2.05, 4.69) is 4.74 Å². The Balaban J connectivity index is 2.23. The fourth-order valence-electron chi connectivity index (χ4n) is 2.08. The second-order valence-electron chi connectivity index (χ2n) is 3.83. The summed E-state index contributed by atoms with van der Waals surface area (Å²) in [5.74, 6) is -0.256. The van der Waals surface area contributed by atoms with Crippen LogP contribution in [0.15, 0.2) is 12.3 Å². The van der Waals surface area contributed by atoms with Crippen molar-refractivity contribution < 1.29 is 14.6 Å². The zero-order valence-electron chi connectivity index (χ0n) is 8.77. The van der Waals surface area contributed by atoms with Crippen LogP contribution >= 0.6 is 0 Å².